The van der Waals surface area contributed by atoms with Crippen molar-refractivity contribution in [2.75, 3.05) is 12.8 Å². The average molecular weight is 394 g/mol. The fourth-order valence-electron chi connectivity index (χ4n) is 2.98. The van der Waals surface area contributed by atoms with Gasteiger partial charge < -0.3 is 15.2 Å². The second-order valence-corrected chi connectivity index (χ2v) is 7.80. The molecule has 1 aliphatic carbocycles. The lowest BCUT2D eigenvalue weighted by molar-refractivity contribution is 0.380. The van der Waals surface area contributed by atoms with Gasteiger partial charge in [0.15, 0.2) is 5.96 Å². The molecule has 1 aliphatic rings. The second-order valence-electron chi connectivity index (χ2n) is 6.23. The molecule has 2 N–H and O–H groups in total. The fraction of sp³-hybridized carbons (Fsp3) is 0.500. The molecule has 6 nitrogen and oxygen atoms in total. The van der Waals surface area contributed by atoms with Crippen LogP contribution in [0.2, 0.25) is 5.02 Å². The van der Waals surface area contributed by atoms with E-state index in [2.05, 4.69) is 38.9 Å². The van der Waals surface area contributed by atoms with Crippen molar-refractivity contribution in [3.63, 3.8) is 0 Å². The smallest absolute Gasteiger partial charge is 0.248 e. The Hall–Kier alpha value is -1.73. The normalized spacial score (nSPS) is 20.3. The van der Waals surface area contributed by atoms with Gasteiger partial charge in [-0.3, -0.25) is 0 Å². The molecule has 3 rings (SSSR count). The van der Waals surface area contributed by atoms with E-state index in [1.165, 1.54) is 19.3 Å². The zero-order chi connectivity index (χ0) is 18.4. The molecule has 140 valence electrons. The summed E-state index contributed by atoms with van der Waals surface area (Å²) in [6.45, 7) is 3.21. The fourth-order valence-corrected chi connectivity index (χ4v) is 3.90. The number of benzene rings is 1. The summed E-state index contributed by atoms with van der Waals surface area (Å²) in [5, 5.41) is 12.2. The Labute approximate surface area is 163 Å². The van der Waals surface area contributed by atoms with Crippen molar-refractivity contribution in [1.82, 2.24) is 20.8 Å². The van der Waals surface area contributed by atoms with Crippen LogP contribution in [0, 0.1) is 0 Å². The van der Waals surface area contributed by atoms with Gasteiger partial charge in [-0.1, -0.05) is 16.8 Å². The highest BCUT2D eigenvalue weighted by Gasteiger charge is 2.24. The van der Waals surface area contributed by atoms with E-state index in [1.807, 2.05) is 36.0 Å². The highest BCUT2D eigenvalue weighted by atomic mass is 35.5. The van der Waals surface area contributed by atoms with Crippen LogP contribution < -0.4 is 10.6 Å². The Bertz CT molecular complexity index is 733. The van der Waals surface area contributed by atoms with E-state index in [-0.39, 0.29) is 0 Å². The number of nitrogens with zero attached hydrogens (tertiary/aromatic N) is 3. The van der Waals surface area contributed by atoms with Gasteiger partial charge in [0.25, 0.3) is 0 Å². The maximum absolute atomic E-state index is 5.91. The molecule has 1 heterocycles. The minimum absolute atomic E-state index is 0.342. The number of halogens is 1. The van der Waals surface area contributed by atoms with Crippen LogP contribution in [0.25, 0.3) is 11.4 Å². The number of nitrogens with one attached hydrogen (secondary N) is 2. The highest BCUT2D eigenvalue weighted by molar-refractivity contribution is 7.99. The van der Waals surface area contributed by atoms with E-state index in [9.17, 15) is 0 Å². The van der Waals surface area contributed by atoms with Crippen LogP contribution in [0.3, 0.4) is 0 Å². The second kappa shape index (κ2) is 9.28. The molecule has 1 aromatic heterocycles. The molecule has 0 bridgehead atoms. The molecule has 2 unspecified atom stereocenters. The van der Waals surface area contributed by atoms with E-state index >= 15 is 0 Å². The minimum Gasteiger partial charge on any atom is -0.357 e. The molecule has 2 atom stereocenters. The number of guanidine groups is 1. The van der Waals surface area contributed by atoms with Gasteiger partial charge in [0.05, 0.1) is 0 Å². The lowest BCUT2D eigenvalue weighted by Gasteiger charge is -2.16. The number of aromatic nitrogens is 2. The third-order valence-corrected chi connectivity index (χ3v) is 5.69. The first kappa shape index (κ1) is 19.0. The molecule has 0 spiro atoms. The van der Waals surface area contributed by atoms with Gasteiger partial charge in [-0.05, 0) is 56.7 Å². The Morgan fingerprint density at radius 3 is 2.85 bits per heavy atom. The molecule has 1 aromatic carbocycles. The van der Waals surface area contributed by atoms with E-state index in [4.69, 9.17) is 16.1 Å². The number of hydrogen-bond acceptors (Lipinski definition) is 5. The third-order valence-electron chi connectivity index (χ3n) is 4.35. The van der Waals surface area contributed by atoms with Crippen LogP contribution in [0.5, 0.6) is 0 Å². The number of hydrogen-bond donors (Lipinski definition) is 2. The summed E-state index contributed by atoms with van der Waals surface area (Å²) in [5.41, 5.74) is 0.868. The monoisotopic (exact) mass is 393 g/mol. The SMILES string of the molecule is CCNC(=NCc1nc(-c2ccc(Cl)cc2)no1)NC1CCC(SC)C1. The summed E-state index contributed by atoms with van der Waals surface area (Å²) in [6, 6.07) is 7.82. The van der Waals surface area contributed by atoms with Crippen molar-refractivity contribution in [2.24, 2.45) is 4.99 Å². The summed E-state index contributed by atoms with van der Waals surface area (Å²) in [6.07, 6.45) is 5.79. The van der Waals surface area contributed by atoms with E-state index in [0.717, 1.165) is 23.3 Å². The van der Waals surface area contributed by atoms with Crippen molar-refractivity contribution in [2.45, 2.75) is 44.0 Å². The summed E-state index contributed by atoms with van der Waals surface area (Å²) in [7, 11) is 0. The van der Waals surface area contributed by atoms with Crippen LogP contribution in [0.1, 0.15) is 32.1 Å². The van der Waals surface area contributed by atoms with Crippen molar-refractivity contribution in [3.05, 3.63) is 35.2 Å². The summed E-state index contributed by atoms with van der Waals surface area (Å²) >= 11 is 7.86. The Morgan fingerprint density at radius 2 is 2.15 bits per heavy atom. The standard InChI is InChI=1S/C18H24ClN5OS/c1-3-20-18(22-14-8-9-15(10-14)26-2)21-11-16-23-17(24-25-16)12-4-6-13(19)7-5-12/h4-7,14-15H,3,8-11H2,1-2H3,(H2,20,21,22). The Morgan fingerprint density at radius 1 is 1.35 bits per heavy atom. The first-order chi connectivity index (χ1) is 12.7. The zero-order valence-electron chi connectivity index (χ0n) is 15.0. The van der Waals surface area contributed by atoms with Gasteiger partial charge in [-0.25, -0.2) is 4.99 Å². The summed E-state index contributed by atoms with van der Waals surface area (Å²) < 4.78 is 5.32. The van der Waals surface area contributed by atoms with Gasteiger partial charge in [-0.2, -0.15) is 16.7 Å². The van der Waals surface area contributed by atoms with Gasteiger partial charge in [-0.15, -0.1) is 0 Å². The van der Waals surface area contributed by atoms with Gasteiger partial charge in [0.2, 0.25) is 11.7 Å². The highest BCUT2D eigenvalue weighted by Crippen LogP contribution is 2.28. The first-order valence-corrected chi connectivity index (χ1v) is 10.5. The van der Waals surface area contributed by atoms with E-state index in [0.29, 0.717) is 29.3 Å². The molecule has 1 fully saturated rings. The molecule has 1 saturated carbocycles. The zero-order valence-corrected chi connectivity index (χ0v) is 16.6. The van der Waals surface area contributed by atoms with Crippen molar-refractivity contribution >= 4 is 29.3 Å². The third kappa shape index (κ3) is 5.14. The summed E-state index contributed by atoms with van der Waals surface area (Å²) in [5.74, 6) is 1.83. The van der Waals surface area contributed by atoms with Crippen LogP contribution in [0.4, 0.5) is 0 Å². The predicted molar refractivity (Wildman–Crippen MR) is 108 cm³/mol. The first-order valence-electron chi connectivity index (χ1n) is 8.84. The van der Waals surface area contributed by atoms with Crippen LogP contribution in [0.15, 0.2) is 33.8 Å². The number of rotatable bonds is 6. The molecule has 0 aliphatic heterocycles. The molecule has 0 saturated heterocycles. The van der Waals surface area contributed by atoms with Gasteiger partial charge in [0.1, 0.15) is 6.54 Å². The maximum atomic E-state index is 5.91. The van der Waals surface area contributed by atoms with E-state index in [1.54, 1.807) is 0 Å². The largest absolute Gasteiger partial charge is 0.357 e. The topological polar surface area (TPSA) is 75.3 Å². The van der Waals surface area contributed by atoms with Crippen LogP contribution >= 0.6 is 23.4 Å². The molecule has 0 amide bonds. The lowest BCUT2D eigenvalue weighted by Crippen LogP contribution is -2.42. The molecule has 0 radical (unpaired) electrons. The number of aliphatic imine (C=N–C) groups is 1. The molecular weight excluding hydrogens is 370 g/mol. The van der Waals surface area contributed by atoms with Crippen LogP contribution in [-0.4, -0.2) is 40.2 Å². The Balaban J connectivity index is 1.61. The Kier molecular flexibility index (Phi) is 6.80. The molecule has 8 heteroatoms. The van der Waals surface area contributed by atoms with Crippen molar-refractivity contribution in [1.29, 1.82) is 0 Å². The van der Waals surface area contributed by atoms with Crippen molar-refractivity contribution in [3.8, 4) is 11.4 Å². The predicted octanol–water partition coefficient (Wildman–Crippen LogP) is 3.73. The van der Waals surface area contributed by atoms with E-state index < -0.39 is 0 Å². The minimum atomic E-state index is 0.342. The van der Waals surface area contributed by atoms with Crippen molar-refractivity contribution < 1.29 is 4.52 Å². The summed E-state index contributed by atoms with van der Waals surface area (Å²) in [4.78, 5) is 9.00. The molecular formula is C18H24ClN5OS. The maximum Gasteiger partial charge on any atom is 0.248 e. The lowest BCUT2D eigenvalue weighted by atomic mass is 10.2. The molecule has 2 aromatic rings. The van der Waals surface area contributed by atoms with Gasteiger partial charge >= 0.3 is 0 Å². The van der Waals surface area contributed by atoms with Crippen LogP contribution in [-0.2, 0) is 6.54 Å². The quantitative estimate of drug-likeness (QED) is 0.575. The number of thioether (sulfide) groups is 1. The average Bonchev–Trinajstić information content (AvgIpc) is 3.30. The molecule has 26 heavy (non-hydrogen) atoms. The van der Waals surface area contributed by atoms with Gasteiger partial charge in [0, 0.05) is 28.4 Å².